The first-order valence-corrected chi connectivity index (χ1v) is 2.61. The van der Waals surface area contributed by atoms with E-state index >= 15 is 0 Å². The zero-order chi connectivity index (χ0) is 6.41. The van der Waals surface area contributed by atoms with Gasteiger partial charge in [0.1, 0.15) is 0 Å². The second-order valence-corrected chi connectivity index (χ2v) is 1.54. The Morgan fingerprint density at radius 1 is 1.25 bits per heavy atom. The summed E-state index contributed by atoms with van der Waals surface area (Å²) in [5.74, 6) is 0. The minimum Gasteiger partial charge on any atom is -0.234 e. The number of halogens is 2. The summed E-state index contributed by atoms with van der Waals surface area (Å²) in [7, 11) is 0. The third-order valence-electron chi connectivity index (χ3n) is 0.282. The zero-order valence-corrected chi connectivity index (χ0v) is 4.62. The molecule has 3 nitrogen and oxygen atoms in total. The van der Waals surface area contributed by atoms with Crippen LogP contribution in [0.5, 0.6) is 0 Å². The van der Waals surface area contributed by atoms with E-state index in [2.05, 4.69) is 8.37 Å². The first-order chi connectivity index (χ1) is 3.81. The molecule has 50 valence electrons. The van der Waals surface area contributed by atoms with E-state index in [-0.39, 0.29) is 0 Å². The largest absolute Gasteiger partial charge is 0.309 e. The van der Waals surface area contributed by atoms with Crippen molar-refractivity contribution in [1.82, 2.24) is 0 Å². The maximum Gasteiger partial charge on any atom is 0.309 e. The van der Waals surface area contributed by atoms with Crippen LogP contribution in [-0.2, 0) is 19.7 Å². The second kappa shape index (κ2) is 5.07. The van der Waals surface area contributed by atoms with Gasteiger partial charge in [0, 0.05) is 0 Å². The summed E-state index contributed by atoms with van der Waals surface area (Å²) < 4.78 is 39.0. The molecule has 0 saturated heterocycles. The Hall–Kier alpha value is -0.0700. The van der Waals surface area contributed by atoms with Gasteiger partial charge in [0.25, 0.3) is 0 Å². The van der Waals surface area contributed by atoms with Crippen molar-refractivity contribution in [3.05, 3.63) is 0 Å². The predicted octanol–water partition coefficient (Wildman–Crippen LogP) is 0.452. The Kier molecular flexibility index (Phi) is 5.03. The molecule has 0 aromatic carbocycles. The fourth-order valence-corrected chi connectivity index (χ4v) is 0.320. The van der Waals surface area contributed by atoms with Crippen molar-refractivity contribution in [1.29, 1.82) is 0 Å². The van der Waals surface area contributed by atoms with Crippen LogP contribution in [0.1, 0.15) is 0 Å². The molecule has 0 radical (unpaired) electrons. The average molecular weight is 146 g/mol. The third kappa shape index (κ3) is 4.10. The van der Waals surface area contributed by atoms with Crippen LogP contribution in [0.4, 0.5) is 8.78 Å². The van der Waals surface area contributed by atoms with Crippen LogP contribution in [0.3, 0.4) is 0 Å². The molecular formula is C2H4F2O3S. The Labute approximate surface area is 47.5 Å². The molecule has 8 heavy (non-hydrogen) atoms. The van der Waals surface area contributed by atoms with Crippen LogP contribution in [0.2, 0.25) is 0 Å². The SMILES string of the molecule is O=S(OCF)OCF. The topological polar surface area (TPSA) is 35.5 Å². The molecule has 0 aliphatic carbocycles. The van der Waals surface area contributed by atoms with Gasteiger partial charge < -0.3 is 0 Å². The molecule has 6 heteroatoms. The van der Waals surface area contributed by atoms with Crippen LogP contribution in [0.15, 0.2) is 0 Å². The van der Waals surface area contributed by atoms with Gasteiger partial charge in [-0.25, -0.2) is 17.1 Å². The van der Waals surface area contributed by atoms with Crippen LogP contribution in [0.25, 0.3) is 0 Å². The fraction of sp³-hybridized carbons (Fsp3) is 1.00. The predicted molar refractivity (Wildman–Crippen MR) is 22.3 cm³/mol. The summed E-state index contributed by atoms with van der Waals surface area (Å²) in [5.41, 5.74) is 0. The van der Waals surface area contributed by atoms with E-state index in [0.29, 0.717) is 0 Å². The number of hydrogen-bond donors (Lipinski definition) is 0. The molecule has 0 amide bonds. The van der Waals surface area contributed by atoms with Crippen molar-refractivity contribution in [2.45, 2.75) is 0 Å². The van der Waals surface area contributed by atoms with Crippen LogP contribution >= 0.6 is 0 Å². The molecule has 0 atom stereocenters. The molecule has 0 aliphatic heterocycles. The van der Waals surface area contributed by atoms with Gasteiger partial charge >= 0.3 is 11.4 Å². The highest BCUT2D eigenvalue weighted by atomic mass is 32.2. The van der Waals surface area contributed by atoms with Crippen molar-refractivity contribution in [3.63, 3.8) is 0 Å². The van der Waals surface area contributed by atoms with Gasteiger partial charge in [-0.15, -0.1) is 0 Å². The van der Waals surface area contributed by atoms with Gasteiger partial charge in [-0.1, -0.05) is 0 Å². The molecule has 0 aromatic heterocycles. The highest BCUT2D eigenvalue weighted by Gasteiger charge is 1.96. The lowest BCUT2D eigenvalue weighted by Crippen LogP contribution is -1.99. The summed E-state index contributed by atoms with van der Waals surface area (Å²) in [5, 5.41) is 0. The molecule has 0 fully saturated rings. The molecule has 0 heterocycles. The Morgan fingerprint density at radius 3 is 1.88 bits per heavy atom. The summed E-state index contributed by atoms with van der Waals surface area (Å²) >= 11 is -2.27. The minimum atomic E-state index is -2.27. The molecular weight excluding hydrogens is 142 g/mol. The van der Waals surface area contributed by atoms with E-state index in [0.717, 1.165) is 0 Å². The highest BCUT2D eigenvalue weighted by Crippen LogP contribution is 1.87. The monoisotopic (exact) mass is 146 g/mol. The first kappa shape index (κ1) is 7.93. The average Bonchev–Trinajstić information content (AvgIpc) is 1.68. The van der Waals surface area contributed by atoms with E-state index < -0.39 is 25.1 Å². The van der Waals surface area contributed by atoms with Crippen molar-refractivity contribution in [2.75, 3.05) is 13.7 Å². The molecule has 0 spiro atoms. The summed E-state index contributed by atoms with van der Waals surface area (Å²) in [6.07, 6.45) is 0. The van der Waals surface area contributed by atoms with Gasteiger partial charge in [-0.05, 0) is 0 Å². The zero-order valence-electron chi connectivity index (χ0n) is 3.80. The van der Waals surface area contributed by atoms with Crippen LogP contribution in [-0.4, -0.2) is 17.9 Å². The van der Waals surface area contributed by atoms with E-state index in [1.807, 2.05) is 0 Å². The maximum absolute atomic E-state index is 10.9. The van der Waals surface area contributed by atoms with Crippen LogP contribution in [0, 0.1) is 0 Å². The number of hydrogen-bond acceptors (Lipinski definition) is 3. The Balaban J connectivity index is 3.06. The smallest absolute Gasteiger partial charge is 0.234 e. The molecule has 0 unspecified atom stereocenters. The minimum absolute atomic E-state index is 1.24. The highest BCUT2D eigenvalue weighted by molar-refractivity contribution is 7.75. The van der Waals surface area contributed by atoms with Crippen molar-refractivity contribution >= 4 is 11.4 Å². The van der Waals surface area contributed by atoms with Crippen LogP contribution < -0.4 is 0 Å². The van der Waals surface area contributed by atoms with Gasteiger partial charge in [0.15, 0.2) is 0 Å². The lowest BCUT2D eigenvalue weighted by atomic mass is 11.6. The first-order valence-electron chi connectivity index (χ1n) is 1.61. The molecule has 0 bridgehead atoms. The molecule has 0 saturated carbocycles. The lowest BCUT2D eigenvalue weighted by molar-refractivity contribution is 0.142. The lowest BCUT2D eigenvalue weighted by Gasteiger charge is -1.92. The van der Waals surface area contributed by atoms with Gasteiger partial charge in [-0.2, -0.15) is 4.21 Å². The van der Waals surface area contributed by atoms with E-state index in [9.17, 15) is 13.0 Å². The van der Waals surface area contributed by atoms with Gasteiger partial charge in [0.2, 0.25) is 13.7 Å². The third-order valence-corrected chi connectivity index (χ3v) is 0.845. The van der Waals surface area contributed by atoms with E-state index in [1.54, 1.807) is 0 Å². The summed E-state index contributed by atoms with van der Waals surface area (Å²) in [6.45, 7) is -2.49. The number of alkyl halides is 2. The summed E-state index contributed by atoms with van der Waals surface area (Å²) in [6, 6.07) is 0. The van der Waals surface area contributed by atoms with E-state index in [1.165, 1.54) is 0 Å². The summed E-state index contributed by atoms with van der Waals surface area (Å²) in [4.78, 5) is 0. The van der Waals surface area contributed by atoms with Crippen molar-refractivity contribution in [3.8, 4) is 0 Å². The molecule has 0 aliphatic rings. The van der Waals surface area contributed by atoms with E-state index in [4.69, 9.17) is 0 Å². The maximum atomic E-state index is 10.9. The van der Waals surface area contributed by atoms with Gasteiger partial charge in [0.05, 0.1) is 0 Å². The molecule has 0 aromatic rings. The molecule has 0 N–H and O–H groups in total. The Bertz CT molecular complexity index is 69.7. The normalized spacial score (nSPS) is 10.4. The van der Waals surface area contributed by atoms with Crippen molar-refractivity contribution < 1.29 is 21.4 Å². The number of rotatable bonds is 4. The second-order valence-electron chi connectivity index (χ2n) is 0.658. The fourth-order valence-electron chi connectivity index (χ4n) is 0.107. The van der Waals surface area contributed by atoms with Gasteiger partial charge in [-0.3, -0.25) is 0 Å². The Morgan fingerprint density at radius 2 is 1.62 bits per heavy atom. The quantitative estimate of drug-likeness (QED) is 0.577. The van der Waals surface area contributed by atoms with Crippen molar-refractivity contribution in [2.24, 2.45) is 0 Å². The standard InChI is InChI=1S/C2H4F2O3S/c3-1-6-8(5)7-2-4/h1-2H2. The molecule has 0 rings (SSSR count).